The van der Waals surface area contributed by atoms with Crippen LogP contribution in [0.5, 0.6) is 0 Å². The molecule has 3 rings (SSSR count). The molecule has 1 amide bonds. The Labute approximate surface area is 138 Å². The topological polar surface area (TPSA) is 73.0 Å². The molecule has 0 saturated carbocycles. The van der Waals surface area contributed by atoms with Gasteiger partial charge in [-0.25, -0.2) is 14.1 Å². The lowest BCUT2D eigenvalue weighted by Gasteiger charge is -2.06. The van der Waals surface area contributed by atoms with Crippen LogP contribution < -0.4 is 5.32 Å². The van der Waals surface area contributed by atoms with Crippen LogP contribution in [0.3, 0.4) is 0 Å². The summed E-state index contributed by atoms with van der Waals surface area (Å²) in [6.45, 7) is 5.55. The molecule has 3 aromatic rings. The lowest BCUT2D eigenvalue weighted by molar-refractivity contribution is 0.0946. The molecule has 1 aromatic carbocycles. The average Bonchev–Trinajstić information content (AvgIpc) is 3.08. The molecule has 0 saturated heterocycles. The molecule has 0 atom stereocenters. The van der Waals surface area contributed by atoms with Crippen LogP contribution in [0.2, 0.25) is 0 Å². The highest BCUT2D eigenvalue weighted by atomic mass is 19.1. The zero-order valence-electron chi connectivity index (χ0n) is 13.6. The van der Waals surface area contributed by atoms with Crippen LogP contribution in [0.25, 0.3) is 5.69 Å². The van der Waals surface area contributed by atoms with Gasteiger partial charge in [0.15, 0.2) is 0 Å². The highest BCUT2D eigenvalue weighted by Crippen LogP contribution is 2.17. The zero-order chi connectivity index (χ0) is 17.3. The van der Waals surface area contributed by atoms with Crippen molar-refractivity contribution in [3.05, 3.63) is 64.9 Å². The van der Waals surface area contributed by atoms with Gasteiger partial charge in [0.1, 0.15) is 17.3 Å². The number of benzene rings is 1. The van der Waals surface area contributed by atoms with E-state index in [2.05, 4.69) is 15.4 Å². The summed E-state index contributed by atoms with van der Waals surface area (Å²) >= 11 is 0. The quantitative estimate of drug-likeness (QED) is 0.799. The Balaban J connectivity index is 1.78. The summed E-state index contributed by atoms with van der Waals surface area (Å²) in [6, 6.07) is 6.27. The lowest BCUT2D eigenvalue weighted by atomic mass is 10.2. The van der Waals surface area contributed by atoms with Gasteiger partial charge in [0.05, 0.1) is 29.7 Å². The first-order valence-corrected chi connectivity index (χ1v) is 7.48. The summed E-state index contributed by atoms with van der Waals surface area (Å²) < 4.78 is 20.7. The first kappa shape index (κ1) is 15.9. The van der Waals surface area contributed by atoms with Gasteiger partial charge in [-0.05, 0) is 32.9 Å². The van der Waals surface area contributed by atoms with Gasteiger partial charge < -0.3 is 9.73 Å². The van der Waals surface area contributed by atoms with Crippen LogP contribution in [-0.4, -0.2) is 20.7 Å². The molecule has 0 unspecified atom stereocenters. The molecule has 0 radical (unpaired) electrons. The molecule has 0 aliphatic carbocycles. The molecule has 0 aliphatic rings. The Hall–Kier alpha value is -2.96. The molecule has 0 fully saturated rings. The molecular weight excluding hydrogens is 311 g/mol. The van der Waals surface area contributed by atoms with Gasteiger partial charge in [-0.2, -0.15) is 5.10 Å². The smallest absolute Gasteiger partial charge is 0.255 e. The van der Waals surface area contributed by atoms with Crippen molar-refractivity contribution in [2.45, 2.75) is 27.3 Å². The molecule has 0 bridgehead atoms. The van der Waals surface area contributed by atoms with Crippen LogP contribution >= 0.6 is 0 Å². The minimum atomic E-state index is -0.401. The van der Waals surface area contributed by atoms with E-state index in [4.69, 9.17) is 4.42 Å². The van der Waals surface area contributed by atoms with Crippen molar-refractivity contribution >= 4 is 5.91 Å². The predicted octanol–water partition coefficient (Wildman–Crippen LogP) is 2.85. The molecule has 0 spiro atoms. The summed E-state index contributed by atoms with van der Waals surface area (Å²) in [5.74, 6) is 0.449. The number of para-hydroxylation sites is 1. The normalized spacial score (nSPS) is 10.8. The third kappa shape index (κ3) is 2.92. The monoisotopic (exact) mass is 328 g/mol. The number of oxazole rings is 1. The van der Waals surface area contributed by atoms with E-state index in [-0.39, 0.29) is 12.5 Å². The third-order valence-corrected chi connectivity index (χ3v) is 3.81. The fourth-order valence-electron chi connectivity index (χ4n) is 2.36. The maximum absolute atomic E-state index is 13.9. The Morgan fingerprint density at radius 1 is 1.29 bits per heavy atom. The van der Waals surface area contributed by atoms with Gasteiger partial charge in [-0.3, -0.25) is 4.79 Å². The highest BCUT2D eigenvalue weighted by molar-refractivity contribution is 5.95. The van der Waals surface area contributed by atoms with Gasteiger partial charge in [0.2, 0.25) is 5.89 Å². The minimum Gasteiger partial charge on any atom is -0.444 e. The largest absolute Gasteiger partial charge is 0.444 e. The van der Waals surface area contributed by atoms with Gasteiger partial charge in [-0.1, -0.05) is 12.1 Å². The van der Waals surface area contributed by atoms with E-state index in [9.17, 15) is 9.18 Å². The SMILES string of the molecule is Cc1nc(CNC(=O)c2cnn(-c3ccccc3F)c2C)oc1C. The van der Waals surface area contributed by atoms with Crippen LogP contribution in [0.1, 0.15) is 33.4 Å². The second-order valence-corrected chi connectivity index (χ2v) is 5.44. The molecular formula is C17H17FN4O2. The second-order valence-electron chi connectivity index (χ2n) is 5.44. The van der Waals surface area contributed by atoms with E-state index >= 15 is 0 Å². The number of halogens is 1. The maximum Gasteiger partial charge on any atom is 0.255 e. The first-order chi connectivity index (χ1) is 11.5. The van der Waals surface area contributed by atoms with Crippen LogP contribution in [0, 0.1) is 26.6 Å². The third-order valence-electron chi connectivity index (χ3n) is 3.81. The summed E-state index contributed by atoms with van der Waals surface area (Å²) in [7, 11) is 0. The number of hydrogen-bond donors (Lipinski definition) is 1. The molecule has 0 aliphatic heterocycles. The molecule has 124 valence electrons. The summed E-state index contributed by atoms with van der Waals surface area (Å²) in [5, 5.41) is 6.85. The van der Waals surface area contributed by atoms with Crippen molar-refractivity contribution in [3.8, 4) is 5.69 Å². The first-order valence-electron chi connectivity index (χ1n) is 7.48. The van der Waals surface area contributed by atoms with Gasteiger partial charge in [-0.15, -0.1) is 0 Å². The maximum atomic E-state index is 13.9. The fourth-order valence-corrected chi connectivity index (χ4v) is 2.36. The number of nitrogens with one attached hydrogen (secondary N) is 1. The van der Waals surface area contributed by atoms with E-state index in [1.807, 2.05) is 13.8 Å². The fraction of sp³-hybridized carbons (Fsp3) is 0.235. The van der Waals surface area contributed by atoms with E-state index < -0.39 is 5.82 Å². The number of aryl methyl sites for hydroxylation is 2. The second kappa shape index (κ2) is 6.27. The Morgan fingerprint density at radius 3 is 2.71 bits per heavy atom. The van der Waals surface area contributed by atoms with Crippen molar-refractivity contribution in [2.24, 2.45) is 0 Å². The molecule has 2 heterocycles. The van der Waals surface area contributed by atoms with Crippen molar-refractivity contribution in [3.63, 3.8) is 0 Å². The summed E-state index contributed by atoms with van der Waals surface area (Å²) in [4.78, 5) is 16.5. The summed E-state index contributed by atoms with van der Waals surface area (Å²) in [6.07, 6.45) is 1.42. The number of hydrogen-bond acceptors (Lipinski definition) is 4. The summed E-state index contributed by atoms with van der Waals surface area (Å²) in [5.41, 5.74) is 2.02. The van der Waals surface area contributed by atoms with Gasteiger partial charge in [0, 0.05) is 0 Å². The number of amides is 1. The number of nitrogens with zero attached hydrogens (tertiary/aromatic N) is 3. The van der Waals surface area contributed by atoms with Crippen molar-refractivity contribution in [1.82, 2.24) is 20.1 Å². The van der Waals surface area contributed by atoms with E-state index in [0.717, 1.165) is 11.5 Å². The van der Waals surface area contributed by atoms with Crippen LogP contribution in [0.4, 0.5) is 4.39 Å². The van der Waals surface area contributed by atoms with Gasteiger partial charge >= 0.3 is 0 Å². The molecule has 1 N–H and O–H groups in total. The molecule has 2 aromatic heterocycles. The number of carbonyl (C=O) groups excluding carboxylic acids is 1. The Bertz CT molecular complexity index is 878. The van der Waals surface area contributed by atoms with E-state index in [1.54, 1.807) is 25.1 Å². The van der Waals surface area contributed by atoms with E-state index in [1.165, 1.54) is 16.9 Å². The predicted molar refractivity (Wildman–Crippen MR) is 85.4 cm³/mol. The average molecular weight is 328 g/mol. The van der Waals surface area contributed by atoms with Crippen molar-refractivity contribution in [1.29, 1.82) is 0 Å². The number of aromatic nitrogens is 3. The highest BCUT2D eigenvalue weighted by Gasteiger charge is 2.17. The van der Waals surface area contributed by atoms with Crippen LogP contribution in [-0.2, 0) is 6.54 Å². The number of rotatable bonds is 4. The molecule has 7 heteroatoms. The minimum absolute atomic E-state index is 0.178. The van der Waals surface area contributed by atoms with Crippen LogP contribution in [0.15, 0.2) is 34.9 Å². The lowest BCUT2D eigenvalue weighted by Crippen LogP contribution is -2.23. The zero-order valence-corrected chi connectivity index (χ0v) is 13.6. The van der Waals surface area contributed by atoms with Crippen molar-refractivity contribution < 1.29 is 13.6 Å². The number of carbonyl (C=O) groups is 1. The van der Waals surface area contributed by atoms with Gasteiger partial charge in [0.25, 0.3) is 5.91 Å². The van der Waals surface area contributed by atoms with E-state index in [0.29, 0.717) is 22.8 Å². The Morgan fingerprint density at radius 2 is 2.04 bits per heavy atom. The Kier molecular flexibility index (Phi) is 4.16. The standard InChI is InChI=1S/C17H17FN4O2/c1-10-12(3)24-16(21-10)9-19-17(23)13-8-20-22(11(13)2)15-7-5-4-6-14(15)18/h4-8H,9H2,1-3H3,(H,19,23). The molecule has 24 heavy (non-hydrogen) atoms. The van der Waals surface area contributed by atoms with Crippen molar-refractivity contribution in [2.75, 3.05) is 0 Å². The molecule has 6 nitrogen and oxygen atoms in total.